The Morgan fingerprint density at radius 3 is 2.42 bits per heavy atom. The van der Waals surface area contributed by atoms with Gasteiger partial charge < -0.3 is 4.74 Å². The number of ether oxygens (including phenoxy) is 1. The van der Waals surface area contributed by atoms with Crippen LogP contribution in [0.5, 0.6) is 5.75 Å². The van der Waals surface area contributed by atoms with Crippen molar-refractivity contribution < 1.29 is 9.53 Å². The first-order chi connectivity index (χ1) is 12.5. The molecule has 0 aliphatic carbocycles. The molecule has 4 nitrogen and oxygen atoms in total. The van der Waals surface area contributed by atoms with E-state index < -0.39 is 6.10 Å². The Labute approximate surface area is 153 Å². The Hall–Kier alpha value is -3.14. The normalized spacial score (nSPS) is 12.7. The average Bonchev–Trinajstić information content (AvgIpc) is 2.66. The van der Waals surface area contributed by atoms with E-state index in [-0.39, 0.29) is 5.91 Å². The Morgan fingerprint density at radius 2 is 1.69 bits per heavy atom. The summed E-state index contributed by atoms with van der Waals surface area (Å²) in [6.07, 6.45) is -0.647. The van der Waals surface area contributed by atoms with Crippen LogP contribution in [0.3, 0.4) is 0 Å². The van der Waals surface area contributed by atoms with Gasteiger partial charge in [0, 0.05) is 0 Å². The van der Waals surface area contributed by atoms with Crippen LogP contribution in [-0.2, 0) is 4.79 Å². The summed E-state index contributed by atoms with van der Waals surface area (Å²) in [6.45, 7) is 5.60. The van der Waals surface area contributed by atoms with E-state index in [1.54, 1.807) is 6.92 Å². The molecule has 132 valence electrons. The maximum Gasteiger partial charge on any atom is 0.280 e. The molecule has 1 amide bonds. The molecule has 3 aromatic rings. The van der Waals surface area contributed by atoms with Crippen molar-refractivity contribution in [1.29, 1.82) is 0 Å². The molecule has 0 aliphatic heterocycles. The summed E-state index contributed by atoms with van der Waals surface area (Å²) in [7, 11) is 0. The molecule has 0 aliphatic rings. The molecule has 26 heavy (non-hydrogen) atoms. The van der Waals surface area contributed by atoms with Crippen molar-refractivity contribution in [2.24, 2.45) is 5.10 Å². The molecule has 3 aromatic carbocycles. The second-order valence-electron chi connectivity index (χ2n) is 6.31. The van der Waals surface area contributed by atoms with Crippen molar-refractivity contribution in [3.8, 4) is 5.75 Å². The number of amides is 1. The van der Waals surface area contributed by atoms with E-state index in [0.29, 0.717) is 5.75 Å². The molecule has 3 rings (SSSR count). The minimum atomic E-state index is -0.647. The van der Waals surface area contributed by atoms with Gasteiger partial charge >= 0.3 is 0 Å². The van der Waals surface area contributed by atoms with Gasteiger partial charge in [-0.1, -0.05) is 60.2 Å². The number of hydrogen-bond acceptors (Lipinski definition) is 3. The predicted octanol–water partition coefficient (Wildman–Crippen LogP) is 4.46. The highest BCUT2D eigenvalue weighted by Gasteiger charge is 2.14. The van der Waals surface area contributed by atoms with Crippen LogP contribution in [0.4, 0.5) is 0 Å². The van der Waals surface area contributed by atoms with E-state index in [2.05, 4.69) is 10.5 Å². The number of hydrogen-bond donors (Lipinski definition) is 1. The molecule has 4 heteroatoms. The molecule has 0 aromatic heterocycles. The van der Waals surface area contributed by atoms with Crippen molar-refractivity contribution in [3.05, 3.63) is 77.9 Å². The Morgan fingerprint density at radius 1 is 1.00 bits per heavy atom. The van der Waals surface area contributed by atoms with Crippen LogP contribution in [0.15, 0.2) is 71.8 Å². The van der Waals surface area contributed by atoms with E-state index in [1.165, 1.54) is 5.56 Å². The van der Waals surface area contributed by atoms with Gasteiger partial charge in [0.05, 0.1) is 5.71 Å². The molecule has 0 unspecified atom stereocenters. The van der Waals surface area contributed by atoms with Crippen LogP contribution in [-0.4, -0.2) is 17.7 Å². The SMILES string of the molecule is C/C(=N\NC(=O)[C@@H](C)Oc1ccc2ccccc2c1)c1ccc(C)cc1. The van der Waals surface area contributed by atoms with Gasteiger partial charge in [-0.2, -0.15) is 5.10 Å². The van der Waals surface area contributed by atoms with Crippen LogP contribution in [0, 0.1) is 6.92 Å². The lowest BCUT2D eigenvalue weighted by molar-refractivity contribution is -0.127. The summed E-state index contributed by atoms with van der Waals surface area (Å²) in [6, 6.07) is 21.8. The number of carbonyl (C=O) groups excluding carboxylic acids is 1. The third kappa shape index (κ3) is 4.28. The molecule has 0 radical (unpaired) electrons. The van der Waals surface area contributed by atoms with Crippen molar-refractivity contribution in [2.45, 2.75) is 26.9 Å². The first kappa shape index (κ1) is 17.7. The minimum Gasteiger partial charge on any atom is -0.481 e. The topological polar surface area (TPSA) is 50.7 Å². The Kier molecular flexibility index (Phi) is 5.32. The lowest BCUT2D eigenvalue weighted by Crippen LogP contribution is -2.33. The second kappa shape index (κ2) is 7.83. The number of rotatable bonds is 5. The third-order valence-electron chi connectivity index (χ3n) is 4.21. The molecule has 0 bridgehead atoms. The molecule has 0 fully saturated rings. The lowest BCUT2D eigenvalue weighted by atomic mass is 10.1. The van der Waals surface area contributed by atoms with E-state index in [1.807, 2.05) is 80.6 Å². The Bertz CT molecular complexity index is 946. The van der Waals surface area contributed by atoms with Crippen LogP contribution in [0.25, 0.3) is 10.8 Å². The van der Waals surface area contributed by atoms with Gasteiger partial charge in [-0.15, -0.1) is 0 Å². The Balaban J connectivity index is 1.63. The van der Waals surface area contributed by atoms with Crippen molar-refractivity contribution in [2.75, 3.05) is 0 Å². The lowest BCUT2D eigenvalue weighted by Gasteiger charge is -2.14. The molecular formula is C22H22N2O2. The number of fused-ring (bicyclic) bond motifs is 1. The van der Waals surface area contributed by atoms with E-state index in [0.717, 1.165) is 22.0 Å². The van der Waals surface area contributed by atoms with Gasteiger partial charge in [-0.25, -0.2) is 5.43 Å². The van der Waals surface area contributed by atoms with Crippen molar-refractivity contribution in [3.63, 3.8) is 0 Å². The van der Waals surface area contributed by atoms with E-state index >= 15 is 0 Å². The zero-order valence-electron chi connectivity index (χ0n) is 15.2. The highest BCUT2D eigenvalue weighted by molar-refractivity contribution is 5.99. The first-order valence-corrected chi connectivity index (χ1v) is 8.59. The standard InChI is InChI=1S/C22H22N2O2/c1-15-8-10-18(11-9-15)16(2)23-24-22(25)17(3)26-21-13-12-19-6-4-5-7-20(19)14-21/h4-14,17H,1-3H3,(H,24,25)/b23-16+/t17-/m1/s1. The van der Waals surface area contributed by atoms with E-state index in [4.69, 9.17) is 4.74 Å². The summed E-state index contributed by atoms with van der Waals surface area (Å²) < 4.78 is 5.76. The number of hydrazone groups is 1. The van der Waals surface area contributed by atoms with Crippen LogP contribution >= 0.6 is 0 Å². The fraction of sp³-hybridized carbons (Fsp3) is 0.182. The average molecular weight is 346 g/mol. The largest absolute Gasteiger partial charge is 0.481 e. The summed E-state index contributed by atoms with van der Waals surface area (Å²) in [4.78, 5) is 12.3. The van der Waals surface area contributed by atoms with Gasteiger partial charge in [0.25, 0.3) is 5.91 Å². The van der Waals surface area contributed by atoms with Gasteiger partial charge in [-0.05, 0) is 49.2 Å². The van der Waals surface area contributed by atoms with Crippen LogP contribution in [0.1, 0.15) is 25.0 Å². The van der Waals surface area contributed by atoms with Gasteiger partial charge in [0.15, 0.2) is 6.10 Å². The monoisotopic (exact) mass is 346 g/mol. The highest BCUT2D eigenvalue weighted by Crippen LogP contribution is 2.21. The fourth-order valence-corrected chi connectivity index (χ4v) is 2.59. The maximum absolute atomic E-state index is 12.3. The quantitative estimate of drug-likeness (QED) is 0.548. The van der Waals surface area contributed by atoms with Gasteiger partial charge in [-0.3, -0.25) is 4.79 Å². The summed E-state index contributed by atoms with van der Waals surface area (Å²) in [5.74, 6) is 0.371. The number of benzene rings is 3. The van der Waals surface area contributed by atoms with Gasteiger partial charge in [0.2, 0.25) is 0 Å². The van der Waals surface area contributed by atoms with Crippen molar-refractivity contribution >= 4 is 22.4 Å². The number of nitrogens with one attached hydrogen (secondary N) is 1. The molecule has 0 saturated heterocycles. The summed E-state index contributed by atoms with van der Waals surface area (Å²) in [5.41, 5.74) is 5.48. The number of nitrogens with zero attached hydrogens (tertiary/aromatic N) is 1. The predicted molar refractivity (Wildman–Crippen MR) is 106 cm³/mol. The minimum absolute atomic E-state index is 0.287. The van der Waals surface area contributed by atoms with E-state index in [9.17, 15) is 4.79 Å². The fourth-order valence-electron chi connectivity index (χ4n) is 2.59. The highest BCUT2D eigenvalue weighted by atomic mass is 16.5. The van der Waals surface area contributed by atoms with Crippen LogP contribution < -0.4 is 10.2 Å². The number of carbonyl (C=O) groups is 1. The van der Waals surface area contributed by atoms with Crippen molar-refractivity contribution in [1.82, 2.24) is 5.43 Å². The number of aryl methyl sites for hydroxylation is 1. The van der Waals surface area contributed by atoms with Crippen LogP contribution in [0.2, 0.25) is 0 Å². The summed E-state index contributed by atoms with van der Waals surface area (Å²) >= 11 is 0. The zero-order valence-corrected chi connectivity index (χ0v) is 15.2. The molecule has 0 saturated carbocycles. The smallest absolute Gasteiger partial charge is 0.280 e. The molecule has 0 spiro atoms. The maximum atomic E-state index is 12.3. The third-order valence-corrected chi connectivity index (χ3v) is 4.21. The molecule has 0 heterocycles. The molecule has 1 N–H and O–H groups in total. The second-order valence-corrected chi connectivity index (χ2v) is 6.31. The first-order valence-electron chi connectivity index (χ1n) is 8.59. The molecule has 1 atom stereocenters. The molecular weight excluding hydrogens is 324 g/mol. The van der Waals surface area contributed by atoms with Gasteiger partial charge in [0.1, 0.15) is 5.75 Å². The summed E-state index contributed by atoms with van der Waals surface area (Å²) in [5, 5.41) is 6.38. The zero-order chi connectivity index (χ0) is 18.5.